The van der Waals surface area contributed by atoms with Crippen molar-refractivity contribution in [3.63, 3.8) is 0 Å². The van der Waals surface area contributed by atoms with Crippen molar-refractivity contribution in [1.82, 2.24) is 5.32 Å². The standard InChI is InChI=1S/C18H22F2N2O3/c1-2-24-16-5-3-4-13(12-16)10-11-21-18(23)22-14-6-8-15(9-7-14)25-17(19)20/h3-9,12,17-18,21-23H,2,10-11H2,1H3. The molecule has 0 amide bonds. The minimum atomic E-state index is -2.85. The van der Waals surface area contributed by atoms with Crippen molar-refractivity contribution in [2.24, 2.45) is 0 Å². The van der Waals surface area contributed by atoms with Gasteiger partial charge in [0.2, 0.25) is 0 Å². The number of anilines is 1. The van der Waals surface area contributed by atoms with Crippen LogP contribution in [0.1, 0.15) is 12.5 Å². The van der Waals surface area contributed by atoms with E-state index >= 15 is 0 Å². The van der Waals surface area contributed by atoms with Gasteiger partial charge in [0.25, 0.3) is 0 Å². The Morgan fingerprint density at radius 3 is 2.52 bits per heavy atom. The number of aliphatic hydroxyl groups excluding tert-OH is 1. The molecule has 0 saturated carbocycles. The maximum Gasteiger partial charge on any atom is 0.387 e. The van der Waals surface area contributed by atoms with Crippen molar-refractivity contribution in [3.8, 4) is 11.5 Å². The Balaban J connectivity index is 1.75. The lowest BCUT2D eigenvalue weighted by Crippen LogP contribution is -2.37. The van der Waals surface area contributed by atoms with Crippen LogP contribution in [-0.4, -0.2) is 31.2 Å². The molecule has 1 atom stereocenters. The molecule has 0 heterocycles. The second-order valence-electron chi connectivity index (χ2n) is 5.23. The van der Waals surface area contributed by atoms with Crippen molar-refractivity contribution in [2.75, 3.05) is 18.5 Å². The van der Waals surface area contributed by atoms with Gasteiger partial charge in [-0.25, -0.2) is 0 Å². The third kappa shape index (κ3) is 6.94. The molecule has 0 aliphatic heterocycles. The van der Waals surface area contributed by atoms with Gasteiger partial charge in [-0.05, 0) is 55.3 Å². The number of ether oxygens (including phenoxy) is 2. The van der Waals surface area contributed by atoms with Crippen molar-refractivity contribution in [3.05, 3.63) is 54.1 Å². The topological polar surface area (TPSA) is 62.8 Å². The normalized spacial score (nSPS) is 12.0. The molecular weight excluding hydrogens is 330 g/mol. The molecule has 25 heavy (non-hydrogen) atoms. The highest BCUT2D eigenvalue weighted by molar-refractivity contribution is 5.46. The Hall–Kier alpha value is -2.38. The van der Waals surface area contributed by atoms with E-state index in [1.165, 1.54) is 12.1 Å². The van der Waals surface area contributed by atoms with Crippen LogP contribution in [-0.2, 0) is 6.42 Å². The van der Waals surface area contributed by atoms with E-state index in [9.17, 15) is 13.9 Å². The first-order valence-corrected chi connectivity index (χ1v) is 8.01. The molecule has 0 aliphatic carbocycles. The van der Waals surface area contributed by atoms with Gasteiger partial charge in [0, 0.05) is 12.2 Å². The number of benzene rings is 2. The fourth-order valence-electron chi connectivity index (χ4n) is 2.25. The SMILES string of the molecule is CCOc1cccc(CCNC(O)Nc2ccc(OC(F)F)cc2)c1. The molecule has 0 radical (unpaired) electrons. The van der Waals surface area contributed by atoms with E-state index in [0.29, 0.717) is 18.8 Å². The Morgan fingerprint density at radius 2 is 1.84 bits per heavy atom. The first-order chi connectivity index (χ1) is 12.1. The quantitative estimate of drug-likeness (QED) is 0.573. The number of halogens is 2. The summed E-state index contributed by atoms with van der Waals surface area (Å²) in [6, 6.07) is 13.7. The molecule has 0 bridgehead atoms. The highest BCUT2D eigenvalue weighted by Crippen LogP contribution is 2.18. The van der Waals surface area contributed by atoms with E-state index in [-0.39, 0.29) is 5.75 Å². The van der Waals surface area contributed by atoms with E-state index in [0.717, 1.165) is 17.7 Å². The number of nitrogens with one attached hydrogen (secondary N) is 2. The molecule has 7 heteroatoms. The van der Waals surface area contributed by atoms with E-state index in [2.05, 4.69) is 15.4 Å². The summed E-state index contributed by atoms with van der Waals surface area (Å²) >= 11 is 0. The van der Waals surface area contributed by atoms with Crippen molar-refractivity contribution < 1.29 is 23.4 Å². The molecule has 0 fully saturated rings. The first kappa shape index (κ1) is 19.0. The molecule has 1 unspecified atom stereocenters. The Morgan fingerprint density at radius 1 is 1.08 bits per heavy atom. The molecule has 0 aromatic heterocycles. The van der Waals surface area contributed by atoms with Gasteiger partial charge in [-0.3, -0.25) is 5.32 Å². The van der Waals surface area contributed by atoms with Gasteiger partial charge in [0.15, 0.2) is 6.35 Å². The third-order valence-corrected chi connectivity index (χ3v) is 3.34. The van der Waals surface area contributed by atoms with E-state index < -0.39 is 13.0 Å². The van der Waals surface area contributed by atoms with Gasteiger partial charge in [-0.1, -0.05) is 12.1 Å². The monoisotopic (exact) mass is 352 g/mol. The van der Waals surface area contributed by atoms with Crippen molar-refractivity contribution in [2.45, 2.75) is 26.3 Å². The van der Waals surface area contributed by atoms with Gasteiger partial charge in [0.1, 0.15) is 11.5 Å². The smallest absolute Gasteiger partial charge is 0.387 e. The highest BCUT2D eigenvalue weighted by atomic mass is 19.3. The molecule has 3 N–H and O–H groups in total. The molecule has 2 aromatic rings. The lowest BCUT2D eigenvalue weighted by atomic mass is 10.1. The van der Waals surface area contributed by atoms with Crippen LogP contribution in [0, 0.1) is 0 Å². The second-order valence-corrected chi connectivity index (χ2v) is 5.23. The van der Waals surface area contributed by atoms with E-state index in [4.69, 9.17) is 4.74 Å². The lowest BCUT2D eigenvalue weighted by Gasteiger charge is -2.16. The van der Waals surface area contributed by atoms with Crippen LogP contribution in [0.5, 0.6) is 11.5 Å². The Kier molecular flexibility index (Phi) is 7.43. The van der Waals surface area contributed by atoms with Crippen LogP contribution < -0.4 is 20.1 Å². The minimum absolute atomic E-state index is 0.0668. The summed E-state index contributed by atoms with van der Waals surface area (Å²) in [4.78, 5) is 0. The van der Waals surface area contributed by atoms with Gasteiger partial charge in [-0.2, -0.15) is 8.78 Å². The molecule has 5 nitrogen and oxygen atoms in total. The third-order valence-electron chi connectivity index (χ3n) is 3.34. The number of rotatable bonds is 10. The zero-order valence-corrected chi connectivity index (χ0v) is 13.9. The van der Waals surface area contributed by atoms with Gasteiger partial charge >= 0.3 is 6.61 Å². The van der Waals surface area contributed by atoms with E-state index in [1.54, 1.807) is 12.1 Å². The lowest BCUT2D eigenvalue weighted by molar-refractivity contribution is -0.0498. The number of hydrogen-bond acceptors (Lipinski definition) is 5. The van der Waals surface area contributed by atoms with Gasteiger partial charge < -0.3 is 19.9 Å². The largest absolute Gasteiger partial charge is 0.494 e. The zero-order chi connectivity index (χ0) is 18.1. The van der Waals surface area contributed by atoms with Crippen LogP contribution in [0.2, 0.25) is 0 Å². The number of hydrogen-bond donors (Lipinski definition) is 3. The fourth-order valence-corrected chi connectivity index (χ4v) is 2.25. The maximum absolute atomic E-state index is 12.1. The van der Waals surface area contributed by atoms with Crippen LogP contribution in [0.25, 0.3) is 0 Å². The number of aliphatic hydroxyl groups is 1. The first-order valence-electron chi connectivity index (χ1n) is 8.01. The average Bonchev–Trinajstić information content (AvgIpc) is 2.57. The summed E-state index contributed by atoms with van der Waals surface area (Å²) in [6.07, 6.45) is -0.238. The van der Waals surface area contributed by atoms with E-state index in [1.807, 2.05) is 31.2 Å². The predicted molar refractivity (Wildman–Crippen MR) is 92.0 cm³/mol. The number of alkyl halides is 2. The minimum Gasteiger partial charge on any atom is -0.494 e. The van der Waals surface area contributed by atoms with Crippen LogP contribution in [0.4, 0.5) is 14.5 Å². The summed E-state index contributed by atoms with van der Waals surface area (Å²) in [6.45, 7) is 0.247. The fraction of sp³-hybridized carbons (Fsp3) is 0.333. The Labute approximate surface area is 145 Å². The molecule has 0 spiro atoms. The van der Waals surface area contributed by atoms with Crippen LogP contribution in [0.15, 0.2) is 48.5 Å². The van der Waals surface area contributed by atoms with Crippen LogP contribution >= 0.6 is 0 Å². The van der Waals surface area contributed by atoms with Gasteiger partial charge in [-0.15, -0.1) is 0 Å². The molecule has 2 aromatic carbocycles. The second kappa shape index (κ2) is 9.80. The molecule has 136 valence electrons. The summed E-state index contributed by atoms with van der Waals surface area (Å²) in [5, 5.41) is 15.7. The summed E-state index contributed by atoms with van der Waals surface area (Å²) < 4.78 is 33.9. The maximum atomic E-state index is 12.1. The highest BCUT2D eigenvalue weighted by Gasteiger charge is 2.06. The predicted octanol–water partition coefficient (Wildman–Crippen LogP) is 3.21. The van der Waals surface area contributed by atoms with Crippen molar-refractivity contribution in [1.29, 1.82) is 0 Å². The molecule has 2 rings (SSSR count). The molecule has 0 aliphatic rings. The Bertz CT molecular complexity index is 638. The summed E-state index contributed by atoms with van der Waals surface area (Å²) in [5.74, 6) is 0.891. The summed E-state index contributed by atoms with van der Waals surface area (Å²) in [7, 11) is 0. The summed E-state index contributed by atoms with van der Waals surface area (Å²) in [5.41, 5.74) is 1.68. The molecular formula is C18H22F2N2O3. The van der Waals surface area contributed by atoms with Gasteiger partial charge in [0.05, 0.1) is 6.61 Å². The zero-order valence-electron chi connectivity index (χ0n) is 13.9. The van der Waals surface area contributed by atoms with Crippen LogP contribution in [0.3, 0.4) is 0 Å². The van der Waals surface area contributed by atoms with Crippen molar-refractivity contribution >= 4 is 5.69 Å². The molecule has 0 saturated heterocycles. The average molecular weight is 352 g/mol.